The van der Waals surface area contributed by atoms with Crippen LogP contribution in [-0.4, -0.2) is 50.3 Å². The molecular weight excluding hydrogens is 208 g/mol. The topological polar surface area (TPSA) is 50.1 Å². The van der Waals surface area contributed by atoms with Gasteiger partial charge in [0.2, 0.25) is 0 Å². The lowest BCUT2D eigenvalue weighted by atomic mass is 9.91. The normalized spacial score (nSPS) is 49.9. The predicted molar refractivity (Wildman–Crippen MR) is 55.2 cm³/mol. The Bertz CT molecular complexity index is 256. The SMILES string of the molecule is C1OC1CC(CC1CO1)C1OC1CC1CO1. The van der Waals surface area contributed by atoms with E-state index in [9.17, 15) is 0 Å². The number of rotatable bonds is 7. The van der Waals surface area contributed by atoms with Crippen molar-refractivity contribution in [3.8, 4) is 0 Å². The Hall–Kier alpha value is -0.160. The number of hydrogen-bond donors (Lipinski definition) is 0. The van der Waals surface area contributed by atoms with Gasteiger partial charge in [-0.25, -0.2) is 0 Å². The quantitative estimate of drug-likeness (QED) is 0.601. The zero-order valence-electron chi connectivity index (χ0n) is 9.34. The molecule has 0 aromatic carbocycles. The van der Waals surface area contributed by atoms with Crippen LogP contribution in [0.25, 0.3) is 0 Å². The van der Waals surface area contributed by atoms with E-state index in [-0.39, 0.29) is 0 Å². The second kappa shape index (κ2) is 3.67. The summed E-state index contributed by atoms with van der Waals surface area (Å²) in [6, 6.07) is 0. The maximum absolute atomic E-state index is 5.80. The summed E-state index contributed by atoms with van der Waals surface area (Å²) in [7, 11) is 0. The molecule has 4 saturated heterocycles. The van der Waals surface area contributed by atoms with E-state index in [2.05, 4.69) is 0 Å². The molecule has 0 aliphatic carbocycles. The van der Waals surface area contributed by atoms with Crippen molar-refractivity contribution in [2.24, 2.45) is 5.92 Å². The predicted octanol–water partition coefficient (Wildman–Crippen LogP) is 0.737. The minimum absolute atomic E-state index is 0.454. The average molecular weight is 226 g/mol. The van der Waals surface area contributed by atoms with Crippen LogP contribution in [0.15, 0.2) is 0 Å². The highest BCUT2D eigenvalue weighted by Crippen LogP contribution is 2.42. The van der Waals surface area contributed by atoms with Crippen molar-refractivity contribution < 1.29 is 18.9 Å². The summed E-state index contributed by atoms with van der Waals surface area (Å²) >= 11 is 0. The summed E-state index contributed by atoms with van der Waals surface area (Å²) < 4.78 is 21.7. The van der Waals surface area contributed by atoms with E-state index in [0.717, 1.165) is 39.1 Å². The highest BCUT2D eigenvalue weighted by Gasteiger charge is 2.50. The van der Waals surface area contributed by atoms with Gasteiger partial charge in [0.05, 0.1) is 50.3 Å². The summed E-state index contributed by atoms with van der Waals surface area (Å²) in [5.74, 6) is 0.642. The van der Waals surface area contributed by atoms with Crippen LogP contribution in [0.5, 0.6) is 0 Å². The third-order valence-electron chi connectivity index (χ3n) is 3.92. The third-order valence-corrected chi connectivity index (χ3v) is 3.92. The number of epoxide rings is 4. The molecule has 4 aliphatic rings. The van der Waals surface area contributed by atoms with E-state index in [1.807, 2.05) is 0 Å². The third kappa shape index (κ3) is 2.40. The minimum Gasteiger partial charge on any atom is -0.373 e. The summed E-state index contributed by atoms with van der Waals surface area (Å²) in [5, 5.41) is 0. The Morgan fingerprint density at radius 2 is 1.44 bits per heavy atom. The van der Waals surface area contributed by atoms with Crippen molar-refractivity contribution in [2.45, 2.75) is 49.8 Å². The van der Waals surface area contributed by atoms with Gasteiger partial charge in [0.1, 0.15) is 0 Å². The Morgan fingerprint density at radius 1 is 0.875 bits per heavy atom. The molecule has 5 atom stereocenters. The summed E-state index contributed by atoms with van der Waals surface area (Å²) in [6.45, 7) is 2.84. The first-order chi connectivity index (χ1) is 7.88. The van der Waals surface area contributed by atoms with Gasteiger partial charge in [-0.1, -0.05) is 0 Å². The molecule has 4 aliphatic heterocycles. The molecule has 4 fully saturated rings. The second-order valence-corrected chi connectivity index (χ2v) is 5.47. The zero-order chi connectivity index (χ0) is 10.5. The van der Waals surface area contributed by atoms with Crippen LogP contribution < -0.4 is 0 Å². The summed E-state index contributed by atoms with van der Waals surface area (Å²) in [5.41, 5.74) is 0. The van der Waals surface area contributed by atoms with Gasteiger partial charge in [-0.05, 0) is 18.8 Å². The Kier molecular flexibility index (Phi) is 2.25. The van der Waals surface area contributed by atoms with Gasteiger partial charge in [0.15, 0.2) is 0 Å². The maximum atomic E-state index is 5.80. The molecule has 4 heterocycles. The first kappa shape index (κ1) is 9.83. The van der Waals surface area contributed by atoms with Crippen molar-refractivity contribution in [3.05, 3.63) is 0 Å². The first-order valence-corrected chi connectivity index (χ1v) is 6.39. The molecule has 0 bridgehead atoms. The van der Waals surface area contributed by atoms with Gasteiger partial charge in [-0.15, -0.1) is 0 Å². The standard InChI is InChI=1S/C12H18O4/c1(8-4-13-8)7(2-9-5-14-9)12-11(16-12)3-10-6-15-10/h7-12H,1-6H2. The van der Waals surface area contributed by atoms with Crippen molar-refractivity contribution in [3.63, 3.8) is 0 Å². The van der Waals surface area contributed by atoms with Crippen LogP contribution in [0.3, 0.4) is 0 Å². The van der Waals surface area contributed by atoms with E-state index in [4.69, 9.17) is 18.9 Å². The molecule has 0 amide bonds. The molecular formula is C12H18O4. The van der Waals surface area contributed by atoms with Crippen LogP contribution in [0.1, 0.15) is 19.3 Å². The van der Waals surface area contributed by atoms with Crippen LogP contribution in [-0.2, 0) is 18.9 Å². The molecule has 0 radical (unpaired) electrons. The fraction of sp³-hybridized carbons (Fsp3) is 1.00. The van der Waals surface area contributed by atoms with Crippen molar-refractivity contribution in [1.29, 1.82) is 0 Å². The van der Waals surface area contributed by atoms with Crippen LogP contribution in [0.2, 0.25) is 0 Å². The van der Waals surface area contributed by atoms with Gasteiger partial charge in [-0.3, -0.25) is 0 Å². The van der Waals surface area contributed by atoms with Gasteiger partial charge < -0.3 is 18.9 Å². The monoisotopic (exact) mass is 226 g/mol. The highest BCUT2D eigenvalue weighted by atomic mass is 16.6. The van der Waals surface area contributed by atoms with Gasteiger partial charge >= 0.3 is 0 Å². The van der Waals surface area contributed by atoms with Crippen LogP contribution >= 0.6 is 0 Å². The molecule has 0 saturated carbocycles. The minimum atomic E-state index is 0.454. The second-order valence-electron chi connectivity index (χ2n) is 5.47. The van der Waals surface area contributed by atoms with Gasteiger partial charge in [0.25, 0.3) is 0 Å². The molecule has 90 valence electrons. The Balaban J connectivity index is 1.29. The fourth-order valence-corrected chi connectivity index (χ4v) is 2.67. The molecule has 4 nitrogen and oxygen atoms in total. The van der Waals surface area contributed by atoms with E-state index >= 15 is 0 Å². The van der Waals surface area contributed by atoms with Crippen molar-refractivity contribution in [2.75, 3.05) is 19.8 Å². The number of ether oxygens (including phenoxy) is 4. The van der Waals surface area contributed by atoms with E-state index in [1.165, 1.54) is 0 Å². The molecule has 0 N–H and O–H groups in total. The van der Waals surface area contributed by atoms with E-state index in [1.54, 1.807) is 0 Å². The van der Waals surface area contributed by atoms with Crippen LogP contribution in [0.4, 0.5) is 0 Å². The first-order valence-electron chi connectivity index (χ1n) is 6.39. The average Bonchev–Trinajstić information content (AvgIpc) is 3.07. The molecule has 0 aromatic heterocycles. The number of hydrogen-bond acceptors (Lipinski definition) is 4. The lowest BCUT2D eigenvalue weighted by Gasteiger charge is -2.11. The molecule has 4 heteroatoms. The van der Waals surface area contributed by atoms with Crippen molar-refractivity contribution in [1.82, 2.24) is 0 Å². The lowest BCUT2D eigenvalue weighted by Crippen LogP contribution is -2.16. The summed E-state index contributed by atoms with van der Waals surface area (Å²) in [6.07, 6.45) is 5.83. The molecule has 0 aromatic rings. The van der Waals surface area contributed by atoms with Crippen LogP contribution in [0, 0.1) is 5.92 Å². The van der Waals surface area contributed by atoms with Crippen molar-refractivity contribution >= 4 is 0 Å². The Labute approximate surface area is 95.2 Å². The molecule has 16 heavy (non-hydrogen) atoms. The lowest BCUT2D eigenvalue weighted by molar-refractivity contribution is 0.249. The highest BCUT2D eigenvalue weighted by molar-refractivity contribution is 4.97. The maximum Gasteiger partial charge on any atom is 0.0872 e. The molecule has 0 spiro atoms. The zero-order valence-corrected chi connectivity index (χ0v) is 9.34. The Morgan fingerprint density at radius 3 is 1.94 bits per heavy atom. The molecule has 5 unspecified atom stereocenters. The van der Waals surface area contributed by atoms with E-state index < -0.39 is 0 Å². The smallest absolute Gasteiger partial charge is 0.0872 e. The molecule has 4 rings (SSSR count). The van der Waals surface area contributed by atoms with E-state index in [0.29, 0.717) is 36.4 Å². The van der Waals surface area contributed by atoms with Gasteiger partial charge in [0, 0.05) is 6.42 Å². The summed E-state index contributed by atoms with van der Waals surface area (Å²) in [4.78, 5) is 0. The largest absolute Gasteiger partial charge is 0.373 e. The van der Waals surface area contributed by atoms with Gasteiger partial charge in [-0.2, -0.15) is 0 Å². The fourth-order valence-electron chi connectivity index (χ4n) is 2.67.